The number of anilines is 1. The van der Waals surface area contributed by atoms with Crippen LogP contribution in [-0.2, 0) is 6.54 Å². The van der Waals surface area contributed by atoms with Crippen LogP contribution in [0.25, 0.3) is 0 Å². The number of hydrogen-bond acceptors (Lipinski definition) is 5. The lowest BCUT2D eigenvalue weighted by Gasteiger charge is -2.39. The van der Waals surface area contributed by atoms with Crippen LogP contribution < -0.4 is 5.73 Å². The Kier molecular flexibility index (Phi) is 4.14. The molecule has 0 aromatic carbocycles. The summed E-state index contributed by atoms with van der Waals surface area (Å²) in [6.07, 6.45) is 0. The van der Waals surface area contributed by atoms with E-state index in [-0.39, 0.29) is 0 Å². The molecule has 1 saturated heterocycles. The summed E-state index contributed by atoms with van der Waals surface area (Å²) in [4.78, 5) is 13.7. The second-order valence-corrected chi connectivity index (χ2v) is 5.06. The monoisotopic (exact) mass is 249 g/mol. The molecular weight excluding hydrogens is 226 g/mol. The van der Waals surface area contributed by atoms with Crippen molar-refractivity contribution in [3.63, 3.8) is 0 Å². The minimum absolute atomic E-state index is 0.567. The minimum Gasteiger partial charge on any atom is -0.384 e. The summed E-state index contributed by atoms with van der Waals surface area (Å²) in [5.74, 6) is 1.40. The topological polar surface area (TPSA) is 58.3 Å². The van der Waals surface area contributed by atoms with E-state index in [1.165, 1.54) is 0 Å². The van der Waals surface area contributed by atoms with Gasteiger partial charge in [-0.1, -0.05) is 6.92 Å². The average Bonchev–Trinajstić information content (AvgIpc) is 2.27. The van der Waals surface area contributed by atoms with Gasteiger partial charge >= 0.3 is 0 Å². The van der Waals surface area contributed by atoms with Crippen molar-refractivity contribution < 1.29 is 0 Å². The molecule has 0 bridgehead atoms. The lowest BCUT2D eigenvalue weighted by Crippen LogP contribution is -2.51. The van der Waals surface area contributed by atoms with E-state index in [1.54, 1.807) is 6.07 Å². The third-order valence-corrected chi connectivity index (χ3v) is 3.54. The molecule has 100 valence electrons. The Balaban J connectivity index is 1.98. The first kappa shape index (κ1) is 13.2. The number of rotatable bonds is 3. The maximum Gasteiger partial charge on any atom is 0.144 e. The van der Waals surface area contributed by atoms with E-state index in [0.717, 1.165) is 44.2 Å². The second kappa shape index (κ2) is 5.63. The smallest absolute Gasteiger partial charge is 0.144 e. The van der Waals surface area contributed by atoms with Crippen LogP contribution in [0.15, 0.2) is 6.07 Å². The molecule has 1 unspecified atom stereocenters. The predicted octanol–water partition coefficient (Wildman–Crippen LogP) is 0.893. The standard InChI is InChI=1S/C13H23N5/c1-4-18-6-5-17(8-11(18)3)9-13-15-10(2)7-12(14)16-13/h7,11H,4-6,8-9H2,1-3H3,(H2,14,15,16). The molecule has 5 heteroatoms. The van der Waals surface area contributed by atoms with E-state index in [9.17, 15) is 0 Å². The summed E-state index contributed by atoms with van der Waals surface area (Å²) in [6, 6.07) is 2.41. The van der Waals surface area contributed by atoms with Crippen LogP contribution in [0.3, 0.4) is 0 Å². The fourth-order valence-corrected chi connectivity index (χ4v) is 2.61. The van der Waals surface area contributed by atoms with Crippen molar-refractivity contribution in [2.24, 2.45) is 0 Å². The fraction of sp³-hybridized carbons (Fsp3) is 0.692. The summed E-state index contributed by atoms with van der Waals surface area (Å²) >= 11 is 0. The molecule has 1 aromatic heterocycles. The first-order valence-corrected chi connectivity index (χ1v) is 6.65. The van der Waals surface area contributed by atoms with Crippen LogP contribution in [0.5, 0.6) is 0 Å². The molecule has 1 atom stereocenters. The quantitative estimate of drug-likeness (QED) is 0.862. The summed E-state index contributed by atoms with van der Waals surface area (Å²) in [6.45, 7) is 11.7. The summed E-state index contributed by atoms with van der Waals surface area (Å²) in [5.41, 5.74) is 6.70. The van der Waals surface area contributed by atoms with E-state index < -0.39 is 0 Å². The molecule has 5 nitrogen and oxygen atoms in total. The second-order valence-electron chi connectivity index (χ2n) is 5.06. The molecule has 1 aliphatic rings. The van der Waals surface area contributed by atoms with Crippen molar-refractivity contribution in [3.05, 3.63) is 17.6 Å². The van der Waals surface area contributed by atoms with Crippen LogP contribution in [0.4, 0.5) is 5.82 Å². The third-order valence-electron chi connectivity index (χ3n) is 3.54. The van der Waals surface area contributed by atoms with Crippen molar-refractivity contribution in [2.75, 3.05) is 31.9 Å². The Morgan fingerprint density at radius 3 is 2.78 bits per heavy atom. The largest absolute Gasteiger partial charge is 0.384 e. The molecule has 1 aromatic rings. The number of likely N-dealkylation sites (N-methyl/N-ethyl adjacent to an activating group) is 1. The highest BCUT2D eigenvalue weighted by Crippen LogP contribution is 2.12. The van der Waals surface area contributed by atoms with E-state index in [2.05, 4.69) is 33.6 Å². The lowest BCUT2D eigenvalue weighted by molar-refractivity contribution is 0.0817. The van der Waals surface area contributed by atoms with E-state index in [4.69, 9.17) is 5.73 Å². The van der Waals surface area contributed by atoms with Gasteiger partial charge in [0.05, 0.1) is 6.54 Å². The van der Waals surface area contributed by atoms with E-state index in [0.29, 0.717) is 11.9 Å². The Hall–Kier alpha value is -1.20. The fourth-order valence-electron chi connectivity index (χ4n) is 2.61. The molecule has 0 saturated carbocycles. The summed E-state index contributed by atoms with van der Waals surface area (Å²) < 4.78 is 0. The van der Waals surface area contributed by atoms with Gasteiger partial charge in [-0.25, -0.2) is 9.97 Å². The van der Waals surface area contributed by atoms with Crippen LogP contribution in [0.2, 0.25) is 0 Å². The molecule has 2 N–H and O–H groups in total. The van der Waals surface area contributed by atoms with E-state index in [1.807, 2.05) is 6.92 Å². The Morgan fingerprint density at radius 2 is 2.17 bits per heavy atom. The molecule has 0 radical (unpaired) electrons. The van der Waals surface area contributed by atoms with E-state index >= 15 is 0 Å². The number of nitrogens with two attached hydrogens (primary N) is 1. The van der Waals surface area contributed by atoms with Gasteiger partial charge in [-0.2, -0.15) is 0 Å². The Morgan fingerprint density at radius 1 is 1.39 bits per heavy atom. The van der Waals surface area contributed by atoms with Gasteiger partial charge in [0.25, 0.3) is 0 Å². The van der Waals surface area contributed by atoms with Crippen LogP contribution in [-0.4, -0.2) is 52.0 Å². The van der Waals surface area contributed by atoms with Gasteiger partial charge in [0.1, 0.15) is 11.6 Å². The van der Waals surface area contributed by atoms with Gasteiger partial charge < -0.3 is 5.73 Å². The zero-order chi connectivity index (χ0) is 13.1. The molecule has 0 spiro atoms. The third kappa shape index (κ3) is 3.17. The lowest BCUT2D eigenvalue weighted by atomic mass is 10.2. The SMILES string of the molecule is CCN1CCN(Cc2nc(C)cc(N)n2)CC1C. The Bertz CT molecular complexity index is 386. The molecule has 0 aliphatic carbocycles. The zero-order valence-corrected chi connectivity index (χ0v) is 11.6. The summed E-state index contributed by atoms with van der Waals surface area (Å²) in [7, 11) is 0. The molecule has 1 aliphatic heterocycles. The normalized spacial score (nSPS) is 22.3. The summed E-state index contributed by atoms with van der Waals surface area (Å²) in [5, 5.41) is 0. The number of nitrogen functional groups attached to an aromatic ring is 1. The maximum absolute atomic E-state index is 5.76. The number of hydrogen-bond donors (Lipinski definition) is 1. The van der Waals surface area contributed by atoms with Gasteiger partial charge in [0, 0.05) is 37.4 Å². The van der Waals surface area contributed by atoms with Gasteiger partial charge in [-0.05, 0) is 20.4 Å². The van der Waals surface area contributed by atoms with Crippen molar-refractivity contribution in [3.8, 4) is 0 Å². The molecule has 2 heterocycles. The average molecular weight is 249 g/mol. The van der Waals surface area contributed by atoms with Crippen molar-refractivity contribution in [1.29, 1.82) is 0 Å². The van der Waals surface area contributed by atoms with Gasteiger partial charge in [0.2, 0.25) is 0 Å². The zero-order valence-electron chi connectivity index (χ0n) is 11.6. The van der Waals surface area contributed by atoms with Crippen LogP contribution >= 0.6 is 0 Å². The molecule has 18 heavy (non-hydrogen) atoms. The Labute approximate surface area is 109 Å². The first-order valence-electron chi connectivity index (χ1n) is 6.65. The number of aryl methyl sites for hydroxylation is 1. The van der Waals surface area contributed by atoms with Crippen LogP contribution in [0.1, 0.15) is 25.4 Å². The predicted molar refractivity (Wildman–Crippen MR) is 73.2 cm³/mol. The van der Waals surface area contributed by atoms with Gasteiger partial charge in [-0.15, -0.1) is 0 Å². The molecule has 2 rings (SSSR count). The van der Waals surface area contributed by atoms with Crippen LogP contribution in [0, 0.1) is 6.92 Å². The molecule has 0 amide bonds. The van der Waals surface area contributed by atoms with Gasteiger partial charge in [-0.3, -0.25) is 9.80 Å². The van der Waals surface area contributed by atoms with Crippen molar-refractivity contribution >= 4 is 5.82 Å². The minimum atomic E-state index is 0.567. The number of piperazine rings is 1. The number of aromatic nitrogens is 2. The van der Waals surface area contributed by atoms with Crippen molar-refractivity contribution in [2.45, 2.75) is 33.4 Å². The molecular formula is C13H23N5. The van der Waals surface area contributed by atoms with Gasteiger partial charge in [0.15, 0.2) is 0 Å². The first-order chi connectivity index (χ1) is 8.58. The highest BCUT2D eigenvalue weighted by atomic mass is 15.3. The highest BCUT2D eigenvalue weighted by Gasteiger charge is 2.22. The van der Waals surface area contributed by atoms with Crippen molar-refractivity contribution in [1.82, 2.24) is 19.8 Å². The molecule has 1 fully saturated rings. The highest BCUT2D eigenvalue weighted by molar-refractivity contribution is 5.29. The maximum atomic E-state index is 5.76. The number of nitrogens with zero attached hydrogens (tertiary/aromatic N) is 4.